The summed E-state index contributed by atoms with van der Waals surface area (Å²) in [6, 6.07) is 8.45. The van der Waals surface area contributed by atoms with Crippen molar-refractivity contribution in [2.75, 3.05) is 13.1 Å². The maximum atomic E-state index is 12.1. The minimum absolute atomic E-state index is 0.0648. The summed E-state index contributed by atoms with van der Waals surface area (Å²) in [5.41, 5.74) is 2.49. The summed E-state index contributed by atoms with van der Waals surface area (Å²) >= 11 is 0. The number of carboxylic acid groups (broad SMARTS) is 1. The van der Waals surface area contributed by atoms with Crippen LogP contribution in [-0.2, 0) is 22.4 Å². The van der Waals surface area contributed by atoms with E-state index in [9.17, 15) is 9.59 Å². The molecule has 22 heavy (non-hydrogen) atoms. The molecule has 120 valence electrons. The second-order valence-corrected chi connectivity index (χ2v) is 6.58. The Morgan fingerprint density at radius 1 is 1.23 bits per heavy atom. The van der Waals surface area contributed by atoms with Gasteiger partial charge in [0.1, 0.15) is 0 Å². The van der Waals surface area contributed by atoms with Gasteiger partial charge in [-0.3, -0.25) is 9.59 Å². The number of hydrogen-bond acceptors (Lipinski definition) is 2. The van der Waals surface area contributed by atoms with Crippen LogP contribution in [0.3, 0.4) is 0 Å². The number of nitrogens with zero attached hydrogens (tertiary/aromatic N) is 1. The van der Waals surface area contributed by atoms with E-state index in [1.807, 2.05) is 0 Å². The van der Waals surface area contributed by atoms with Gasteiger partial charge in [-0.05, 0) is 36.3 Å². The van der Waals surface area contributed by atoms with Crippen molar-refractivity contribution < 1.29 is 14.7 Å². The second kappa shape index (κ2) is 7.43. The minimum Gasteiger partial charge on any atom is -0.481 e. The van der Waals surface area contributed by atoms with Gasteiger partial charge in [0.2, 0.25) is 5.91 Å². The van der Waals surface area contributed by atoms with E-state index in [0.29, 0.717) is 31.8 Å². The van der Waals surface area contributed by atoms with Gasteiger partial charge in [0.05, 0.1) is 5.92 Å². The summed E-state index contributed by atoms with van der Waals surface area (Å²) < 4.78 is 0. The van der Waals surface area contributed by atoms with Crippen molar-refractivity contribution in [1.29, 1.82) is 0 Å². The van der Waals surface area contributed by atoms with Gasteiger partial charge >= 0.3 is 5.97 Å². The van der Waals surface area contributed by atoms with Crippen molar-refractivity contribution in [2.24, 2.45) is 11.8 Å². The summed E-state index contributed by atoms with van der Waals surface area (Å²) in [7, 11) is 0. The molecular formula is C18H25NO3. The van der Waals surface area contributed by atoms with E-state index in [0.717, 1.165) is 18.4 Å². The van der Waals surface area contributed by atoms with Crippen LogP contribution in [0.1, 0.15) is 37.8 Å². The maximum absolute atomic E-state index is 12.1. The van der Waals surface area contributed by atoms with Gasteiger partial charge in [-0.25, -0.2) is 0 Å². The molecule has 1 amide bonds. The van der Waals surface area contributed by atoms with Crippen molar-refractivity contribution in [1.82, 2.24) is 4.90 Å². The molecule has 1 atom stereocenters. The van der Waals surface area contributed by atoms with Gasteiger partial charge in [0, 0.05) is 19.5 Å². The Morgan fingerprint density at radius 2 is 1.86 bits per heavy atom. The second-order valence-electron chi connectivity index (χ2n) is 6.58. The van der Waals surface area contributed by atoms with Crippen LogP contribution in [0.5, 0.6) is 0 Å². The van der Waals surface area contributed by atoms with Crippen molar-refractivity contribution in [3.63, 3.8) is 0 Å². The zero-order valence-corrected chi connectivity index (χ0v) is 13.4. The van der Waals surface area contributed by atoms with Crippen molar-refractivity contribution >= 4 is 11.9 Å². The molecule has 0 saturated carbocycles. The predicted molar refractivity (Wildman–Crippen MR) is 85.6 cm³/mol. The molecular weight excluding hydrogens is 278 g/mol. The van der Waals surface area contributed by atoms with Crippen molar-refractivity contribution in [3.05, 3.63) is 35.4 Å². The van der Waals surface area contributed by atoms with Gasteiger partial charge in [-0.15, -0.1) is 0 Å². The lowest BCUT2D eigenvalue weighted by Gasteiger charge is -2.15. The lowest BCUT2D eigenvalue weighted by Crippen LogP contribution is -2.30. The average Bonchev–Trinajstić information content (AvgIpc) is 2.96. The third-order valence-corrected chi connectivity index (χ3v) is 4.18. The first-order chi connectivity index (χ1) is 10.5. The Hall–Kier alpha value is -1.84. The number of aryl methyl sites for hydroxylation is 1. The van der Waals surface area contributed by atoms with Crippen LogP contribution in [0.15, 0.2) is 24.3 Å². The molecule has 0 radical (unpaired) electrons. The average molecular weight is 303 g/mol. The molecule has 2 rings (SSSR count). The standard InChI is InChI=1S/C18H25NO3/c1-13(2)11-15-5-3-14(4-6-15)7-8-17(20)19-10-9-16(12-19)18(21)22/h3-6,13,16H,7-12H2,1-2H3,(H,21,22). The van der Waals surface area contributed by atoms with E-state index < -0.39 is 5.97 Å². The van der Waals surface area contributed by atoms with Crippen LogP contribution < -0.4 is 0 Å². The van der Waals surface area contributed by atoms with Crippen LogP contribution in [-0.4, -0.2) is 35.0 Å². The molecule has 1 unspecified atom stereocenters. The van der Waals surface area contributed by atoms with Gasteiger partial charge in [0.25, 0.3) is 0 Å². The molecule has 1 heterocycles. The van der Waals surface area contributed by atoms with Gasteiger partial charge < -0.3 is 10.0 Å². The highest BCUT2D eigenvalue weighted by atomic mass is 16.4. The highest BCUT2D eigenvalue weighted by Crippen LogP contribution is 2.18. The van der Waals surface area contributed by atoms with Gasteiger partial charge in [-0.1, -0.05) is 38.1 Å². The number of carboxylic acids is 1. The van der Waals surface area contributed by atoms with Crippen LogP contribution in [0, 0.1) is 11.8 Å². The summed E-state index contributed by atoms with van der Waals surface area (Å²) in [5, 5.41) is 8.97. The van der Waals surface area contributed by atoms with Crippen LogP contribution >= 0.6 is 0 Å². The molecule has 1 saturated heterocycles. The fourth-order valence-corrected chi connectivity index (χ4v) is 2.91. The zero-order valence-electron chi connectivity index (χ0n) is 13.4. The molecule has 1 aliphatic rings. The molecule has 0 spiro atoms. The molecule has 4 heteroatoms. The van der Waals surface area contributed by atoms with E-state index >= 15 is 0 Å². The van der Waals surface area contributed by atoms with Crippen LogP contribution in [0.2, 0.25) is 0 Å². The maximum Gasteiger partial charge on any atom is 0.308 e. The quantitative estimate of drug-likeness (QED) is 0.879. The van der Waals surface area contributed by atoms with E-state index in [-0.39, 0.29) is 11.8 Å². The molecule has 0 aliphatic carbocycles. The SMILES string of the molecule is CC(C)Cc1ccc(CCC(=O)N2CCC(C(=O)O)C2)cc1. The smallest absolute Gasteiger partial charge is 0.308 e. The molecule has 1 fully saturated rings. The monoisotopic (exact) mass is 303 g/mol. The third kappa shape index (κ3) is 4.58. The Balaban J connectivity index is 1.80. The highest BCUT2D eigenvalue weighted by Gasteiger charge is 2.30. The molecule has 1 aliphatic heterocycles. The first kappa shape index (κ1) is 16.5. The van der Waals surface area contributed by atoms with Crippen LogP contribution in [0.4, 0.5) is 0 Å². The number of carbonyl (C=O) groups is 2. The van der Waals surface area contributed by atoms with Gasteiger partial charge in [0.15, 0.2) is 0 Å². The molecule has 0 aromatic heterocycles. The lowest BCUT2D eigenvalue weighted by atomic mass is 10.0. The predicted octanol–water partition coefficient (Wildman–Crippen LogP) is 2.75. The number of carbonyl (C=O) groups excluding carboxylic acids is 1. The van der Waals surface area contributed by atoms with Gasteiger partial charge in [-0.2, -0.15) is 0 Å². The molecule has 1 aromatic carbocycles. The Bertz CT molecular complexity index is 522. The van der Waals surface area contributed by atoms with Crippen LogP contribution in [0.25, 0.3) is 0 Å². The largest absolute Gasteiger partial charge is 0.481 e. The number of rotatable bonds is 6. The fourth-order valence-electron chi connectivity index (χ4n) is 2.91. The summed E-state index contributed by atoms with van der Waals surface area (Å²) in [6.45, 7) is 5.34. The van der Waals surface area contributed by atoms with E-state index in [1.54, 1.807) is 4.90 Å². The summed E-state index contributed by atoms with van der Waals surface area (Å²) in [5.74, 6) is -0.477. The summed E-state index contributed by atoms with van der Waals surface area (Å²) in [4.78, 5) is 24.7. The molecule has 4 nitrogen and oxygen atoms in total. The lowest BCUT2D eigenvalue weighted by molar-refractivity contribution is -0.141. The topological polar surface area (TPSA) is 57.6 Å². The minimum atomic E-state index is -0.795. The van der Waals surface area contributed by atoms with E-state index in [4.69, 9.17) is 5.11 Å². The van der Waals surface area contributed by atoms with E-state index in [1.165, 1.54) is 5.56 Å². The third-order valence-electron chi connectivity index (χ3n) is 4.18. The Kier molecular flexibility index (Phi) is 5.58. The summed E-state index contributed by atoms with van der Waals surface area (Å²) in [6.07, 6.45) is 2.82. The Labute approximate surface area is 132 Å². The number of amides is 1. The van der Waals surface area contributed by atoms with Crippen molar-refractivity contribution in [2.45, 2.75) is 39.5 Å². The molecule has 1 aromatic rings. The molecule has 0 bridgehead atoms. The first-order valence-electron chi connectivity index (χ1n) is 8.04. The normalized spacial score (nSPS) is 18.0. The highest BCUT2D eigenvalue weighted by molar-refractivity contribution is 5.78. The zero-order chi connectivity index (χ0) is 16.1. The fraction of sp³-hybridized carbons (Fsp3) is 0.556. The number of likely N-dealkylation sites (tertiary alicyclic amines) is 1. The number of hydrogen-bond donors (Lipinski definition) is 1. The molecule has 1 N–H and O–H groups in total. The number of aliphatic carboxylic acids is 1. The Morgan fingerprint density at radius 3 is 2.41 bits per heavy atom. The number of benzene rings is 1. The van der Waals surface area contributed by atoms with Crippen molar-refractivity contribution in [3.8, 4) is 0 Å². The van der Waals surface area contributed by atoms with E-state index in [2.05, 4.69) is 38.1 Å². The first-order valence-corrected chi connectivity index (χ1v) is 8.04.